The number of H-pyrrole nitrogens is 1. The van der Waals surface area contributed by atoms with E-state index in [2.05, 4.69) is 4.98 Å². The van der Waals surface area contributed by atoms with Crippen LogP contribution in [-0.4, -0.2) is 50.9 Å². The number of hydrogen-bond donors (Lipinski definition) is 3. The van der Waals surface area contributed by atoms with E-state index in [1.54, 1.807) is 4.90 Å². The third-order valence-corrected chi connectivity index (χ3v) is 6.15. The third-order valence-electron chi connectivity index (χ3n) is 6.15. The van der Waals surface area contributed by atoms with Gasteiger partial charge in [-0.3, -0.25) is 4.90 Å². The maximum atomic E-state index is 15.4. The summed E-state index contributed by atoms with van der Waals surface area (Å²) < 4.78 is 45.7. The highest BCUT2D eigenvalue weighted by Gasteiger charge is 2.41. The summed E-state index contributed by atoms with van der Waals surface area (Å²) in [5.74, 6) is -2.96. The number of carbonyl (C=O) groups is 1. The van der Waals surface area contributed by atoms with Crippen LogP contribution in [0.5, 0.6) is 0 Å². The number of carboxylic acid groups (broad SMARTS) is 1. The summed E-state index contributed by atoms with van der Waals surface area (Å²) in [5, 5.41) is 19.3. The number of aromatic amines is 1. The lowest BCUT2D eigenvalue weighted by Gasteiger charge is -2.43. The Bertz CT molecular complexity index is 1210. The van der Waals surface area contributed by atoms with E-state index < -0.39 is 35.9 Å². The van der Waals surface area contributed by atoms with E-state index in [0.29, 0.717) is 12.1 Å². The molecule has 0 amide bonds. The van der Waals surface area contributed by atoms with Gasteiger partial charge in [-0.05, 0) is 55.7 Å². The molecular weight excluding hydrogens is 433 g/mol. The number of rotatable bonds is 6. The largest absolute Gasteiger partial charge is 0.478 e. The Kier molecular flexibility index (Phi) is 6.07. The lowest BCUT2D eigenvalue weighted by Crippen LogP contribution is -2.50. The molecular formula is C25H25F3N2O3. The first-order valence-corrected chi connectivity index (χ1v) is 10.7. The molecule has 1 aromatic heterocycles. The topological polar surface area (TPSA) is 76.6 Å². The Morgan fingerprint density at radius 3 is 2.58 bits per heavy atom. The molecule has 1 unspecified atom stereocenters. The molecule has 5 nitrogen and oxygen atoms in total. The van der Waals surface area contributed by atoms with Crippen LogP contribution in [-0.2, 0) is 11.2 Å². The standard InChI is InChI=1S/C25H25F3N2O3/c1-14-9-17-16-5-3-4-6-20(16)29-23(17)24(30(14)12-25(2,28)13-31)22-18(26)10-15(11-19(22)27)7-8-21(32)33/h3-8,10-11,14,24,29,31H,9,12-13H2,1-2H3,(H,32,33)/b8-7+/t14-,24-,25?/m1/s1. The summed E-state index contributed by atoms with van der Waals surface area (Å²) in [4.78, 5) is 15.7. The molecule has 3 N–H and O–H groups in total. The van der Waals surface area contributed by atoms with Gasteiger partial charge < -0.3 is 15.2 Å². The van der Waals surface area contributed by atoms with Crippen LogP contribution in [0.2, 0.25) is 0 Å². The number of halogens is 3. The van der Waals surface area contributed by atoms with Crippen molar-refractivity contribution in [3.8, 4) is 0 Å². The van der Waals surface area contributed by atoms with E-state index in [1.807, 2.05) is 31.2 Å². The number of aliphatic hydroxyl groups is 1. The summed E-state index contributed by atoms with van der Waals surface area (Å²) in [6.45, 7) is 2.16. The highest BCUT2D eigenvalue weighted by atomic mass is 19.1. The fourth-order valence-electron chi connectivity index (χ4n) is 4.62. The highest BCUT2D eigenvalue weighted by molar-refractivity contribution is 5.86. The number of nitrogens with zero attached hydrogens (tertiary/aromatic N) is 1. The van der Waals surface area contributed by atoms with Crippen LogP contribution >= 0.6 is 0 Å². The number of hydrogen-bond acceptors (Lipinski definition) is 3. The minimum absolute atomic E-state index is 0.0640. The average Bonchev–Trinajstić information content (AvgIpc) is 3.12. The summed E-state index contributed by atoms with van der Waals surface area (Å²) >= 11 is 0. The summed E-state index contributed by atoms with van der Waals surface area (Å²) in [5.41, 5.74) is 0.137. The van der Waals surface area contributed by atoms with Crippen LogP contribution in [0, 0.1) is 11.6 Å². The Hall–Kier alpha value is -3.10. The van der Waals surface area contributed by atoms with E-state index in [4.69, 9.17) is 5.11 Å². The summed E-state index contributed by atoms with van der Waals surface area (Å²) in [6, 6.07) is 8.45. The normalized spacial score (nSPS) is 20.8. The summed E-state index contributed by atoms with van der Waals surface area (Å²) in [7, 11) is 0. The van der Waals surface area contributed by atoms with E-state index in [-0.39, 0.29) is 23.7 Å². The second kappa shape index (κ2) is 8.68. The predicted octanol–water partition coefficient (Wildman–Crippen LogP) is 4.60. The van der Waals surface area contributed by atoms with Crippen LogP contribution in [0.1, 0.15) is 42.3 Å². The van der Waals surface area contributed by atoms with E-state index >= 15 is 8.78 Å². The molecule has 2 aromatic carbocycles. The van der Waals surface area contributed by atoms with Crippen molar-refractivity contribution in [2.75, 3.05) is 13.2 Å². The number of para-hydroxylation sites is 1. The van der Waals surface area contributed by atoms with Crippen LogP contribution in [0.15, 0.2) is 42.5 Å². The van der Waals surface area contributed by atoms with Crippen molar-refractivity contribution < 1.29 is 28.2 Å². The Balaban J connectivity index is 1.91. The smallest absolute Gasteiger partial charge is 0.328 e. The van der Waals surface area contributed by atoms with Gasteiger partial charge in [0.2, 0.25) is 0 Å². The Morgan fingerprint density at radius 2 is 1.94 bits per heavy atom. The zero-order chi connectivity index (χ0) is 23.9. The molecule has 1 aliphatic rings. The third kappa shape index (κ3) is 4.41. The van der Waals surface area contributed by atoms with Crippen molar-refractivity contribution in [2.24, 2.45) is 0 Å². The van der Waals surface area contributed by atoms with Crippen molar-refractivity contribution in [3.63, 3.8) is 0 Å². The second-order valence-corrected chi connectivity index (χ2v) is 8.83. The van der Waals surface area contributed by atoms with Crippen LogP contribution in [0.25, 0.3) is 17.0 Å². The molecule has 0 bridgehead atoms. The number of benzene rings is 2. The van der Waals surface area contributed by atoms with Crippen molar-refractivity contribution >= 4 is 22.9 Å². The number of carboxylic acids is 1. The van der Waals surface area contributed by atoms with Gasteiger partial charge in [0.1, 0.15) is 17.3 Å². The van der Waals surface area contributed by atoms with Gasteiger partial charge in [-0.2, -0.15) is 0 Å². The molecule has 174 valence electrons. The van der Waals surface area contributed by atoms with Crippen molar-refractivity contribution in [1.29, 1.82) is 0 Å². The molecule has 0 saturated carbocycles. The van der Waals surface area contributed by atoms with Crippen molar-refractivity contribution in [1.82, 2.24) is 9.88 Å². The second-order valence-electron chi connectivity index (χ2n) is 8.83. The van der Waals surface area contributed by atoms with Gasteiger partial charge in [0.25, 0.3) is 0 Å². The molecule has 0 saturated heterocycles. The molecule has 0 radical (unpaired) electrons. The summed E-state index contributed by atoms with van der Waals surface area (Å²) in [6.07, 6.45) is 2.45. The van der Waals surface area contributed by atoms with Crippen LogP contribution in [0.4, 0.5) is 13.2 Å². The fourth-order valence-corrected chi connectivity index (χ4v) is 4.62. The highest BCUT2D eigenvalue weighted by Crippen LogP contribution is 2.43. The number of aromatic nitrogens is 1. The molecule has 1 aliphatic heterocycles. The SMILES string of the molecule is C[C@@H]1Cc2c([nH]c3ccccc23)[C@@H](c2c(F)cc(/C=C/C(=O)O)cc2F)N1CC(C)(F)CO. The number of aliphatic carboxylic acids is 1. The number of fused-ring (bicyclic) bond motifs is 3. The van der Waals surface area contributed by atoms with Gasteiger partial charge in [0.05, 0.1) is 12.6 Å². The van der Waals surface area contributed by atoms with Gasteiger partial charge in [-0.1, -0.05) is 18.2 Å². The molecule has 8 heteroatoms. The van der Waals surface area contributed by atoms with Crippen molar-refractivity contribution in [3.05, 3.63) is 76.5 Å². The molecule has 3 aromatic rings. The van der Waals surface area contributed by atoms with Gasteiger partial charge in [0.15, 0.2) is 0 Å². The van der Waals surface area contributed by atoms with Gasteiger partial charge >= 0.3 is 5.97 Å². The van der Waals surface area contributed by atoms with E-state index in [9.17, 15) is 14.3 Å². The fraction of sp³-hybridized carbons (Fsp3) is 0.320. The van der Waals surface area contributed by atoms with Gasteiger partial charge in [-0.25, -0.2) is 18.0 Å². The van der Waals surface area contributed by atoms with Crippen molar-refractivity contribution in [2.45, 2.75) is 38.0 Å². The number of nitrogens with one attached hydrogen (secondary N) is 1. The van der Waals surface area contributed by atoms with Gasteiger partial charge in [-0.15, -0.1) is 0 Å². The van der Waals surface area contributed by atoms with Crippen LogP contribution < -0.4 is 0 Å². The number of alkyl halides is 1. The van der Waals surface area contributed by atoms with E-state index in [0.717, 1.165) is 40.8 Å². The molecule has 0 spiro atoms. The van der Waals surface area contributed by atoms with Crippen LogP contribution in [0.3, 0.4) is 0 Å². The Morgan fingerprint density at radius 1 is 1.27 bits per heavy atom. The minimum Gasteiger partial charge on any atom is -0.478 e. The molecule has 0 fully saturated rings. The quantitative estimate of drug-likeness (QED) is 0.472. The zero-order valence-electron chi connectivity index (χ0n) is 18.3. The minimum atomic E-state index is -1.98. The van der Waals surface area contributed by atoms with E-state index in [1.165, 1.54) is 6.92 Å². The predicted molar refractivity (Wildman–Crippen MR) is 120 cm³/mol. The molecule has 4 rings (SSSR count). The maximum absolute atomic E-state index is 15.4. The first-order chi connectivity index (χ1) is 15.6. The zero-order valence-corrected chi connectivity index (χ0v) is 18.3. The molecule has 3 atom stereocenters. The molecule has 2 heterocycles. The lowest BCUT2D eigenvalue weighted by atomic mass is 9.86. The number of aliphatic hydroxyl groups excluding tert-OH is 1. The molecule has 33 heavy (non-hydrogen) atoms. The Labute approximate surface area is 189 Å². The maximum Gasteiger partial charge on any atom is 0.328 e. The average molecular weight is 458 g/mol. The first kappa shape index (κ1) is 23.1. The lowest BCUT2D eigenvalue weighted by molar-refractivity contribution is -0.131. The van der Waals surface area contributed by atoms with Gasteiger partial charge in [0, 0.05) is 40.8 Å². The molecule has 0 aliphatic carbocycles. The monoisotopic (exact) mass is 458 g/mol. The first-order valence-electron chi connectivity index (χ1n) is 10.7.